The van der Waals surface area contributed by atoms with Gasteiger partial charge in [0.1, 0.15) is 18.5 Å². The molecule has 0 aromatic heterocycles. The van der Waals surface area contributed by atoms with E-state index in [1.165, 1.54) is 0 Å². The lowest BCUT2D eigenvalue weighted by molar-refractivity contribution is -0.110. The third-order valence-electron chi connectivity index (χ3n) is 3.86. The highest BCUT2D eigenvalue weighted by atomic mass is 16.5. The zero-order valence-corrected chi connectivity index (χ0v) is 12.9. The van der Waals surface area contributed by atoms with Crippen LogP contribution in [0.1, 0.15) is 38.4 Å². The van der Waals surface area contributed by atoms with Gasteiger partial charge in [0.2, 0.25) is 0 Å². The molecule has 0 saturated heterocycles. The predicted molar refractivity (Wildman–Crippen MR) is 79.1 cm³/mol. The van der Waals surface area contributed by atoms with Crippen molar-refractivity contribution in [2.75, 3.05) is 27.4 Å². The molecule has 1 aromatic rings. The summed E-state index contributed by atoms with van der Waals surface area (Å²) in [6.45, 7) is 5.01. The van der Waals surface area contributed by atoms with E-state index < -0.39 is 11.7 Å². The zero-order valence-electron chi connectivity index (χ0n) is 12.9. The van der Waals surface area contributed by atoms with Gasteiger partial charge in [-0.15, -0.1) is 0 Å². The van der Waals surface area contributed by atoms with Crippen LogP contribution < -0.4 is 4.74 Å². The van der Waals surface area contributed by atoms with Crippen molar-refractivity contribution >= 4 is 0 Å². The molecule has 0 fully saturated rings. The van der Waals surface area contributed by atoms with Crippen LogP contribution in [0.3, 0.4) is 0 Å². The van der Waals surface area contributed by atoms with Gasteiger partial charge in [-0.25, -0.2) is 0 Å². The van der Waals surface area contributed by atoms with Gasteiger partial charge in [-0.2, -0.15) is 0 Å². The summed E-state index contributed by atoms with van der Waals surface area (Å²) in [6.07, 6.45) is 0.738. The Hall–Kier alpha value is -1.10. The number of hydrogen-bond donors (Lipinski definition) is 1. The van der Waals surface area contributed by atoms with E-state index in [2.05, 4.69) is 0 Å². The summed E-state index contributed by atoms with van der Waals surface area (Å²) in [6, 6.07) is 7.53. The first kappa shape index (κ1) is 17.0. The molecule has 1 unspecified atom stereocenters. The van der Waals surface area contributed by atoms with Crippen LogP contribution in [0.25, 0.3) is 0 Å². The van der Waals surface area contributed by atoms with Crippen LogP contribution in [-0.2, 0) is 9.47 Å². The van der Waals surface area contributed by atoms with Gasteiger partial charge in [0, 0.05) is 19.8 Å². The van der Waals surface area contributed by atoms with Crippen molar-refractivity contribution in [3.63, 3.8) is 0 Å². The zero-order chi connectivity index (χ0) is 15.0. The molecular weight excluding hydrogens is 256 g/mol. The van der Waals surface area contributed by atoms with Crippen LogP contribution in [0.5, 0.6) is 5.75 Å². The first-order chi connectivity index (χ1) is 9.65. The number of benzene rings is 1. The lowest BCUT2D eigenvalue weighted by Crippen LogP contribution is -2.37. The van der Waals surface area contributed by atoms with Gasteiger partial charge in [-0.1, -0.05) is 32.0 Å². The molecule has 1 aromatic carbocycles. The molecular formula is C16H26O4. The average molecular weight is 282 g/mol. The van der Waals surface area contributed by atoms with Gasteiger partial charge in [0.25, 0.3) is 0 Å². The molecule has 0 radical (unpaired) electrons. The topological polar surface area (TPSA) is 47.9 Å². The van der Waals surface area contributed by atoms with Crippen LogP contribution in [0.4, 0.5) is 0 Å². The molecule has 0 saturated carbocycles. The highest BCUT2D eigenvalue weighted by molar-refractivity contribution is 5.36. The summed E-state index contributed by atoms with van der Waals surface area (Å²) in [4.78, 5) is 0. The highest BCUT2D eigenvalue weighted by Crippen LogP contribution is 2.38. The van der Waals surface area contributed by atoms with Crippen molar-refractivity contribution < 1.29 is 19.3 Å². The van der Waals surface area contributed by atoms with E-state index in [1.54, 1.807) is 14.2 Å². The summed E-state index contributed by atoms with van der Waals surface area (Å²) >= 11 is 0. The van der Waals surface area contributed by atoms with E-state index in [9.17, 15) is 5.11 Å². The summed E-state index contributed by atoms with van der Waals surface area (Å²) in [7, 11) is 3.28. The van der Waals surface area contributed by atoms with E-state index in [1.807, 2.05) is 38.1 Å². The van der Waals surface area contributed by atoms with Crippen LogP contribution in [-0.4, -0.2) is 38.1 Å². The second-order valence-electron chi connectivity index (χ2n) is 4.76. The fourth-order valence-corrected chi connectivity index (χ4v) is 2.39. The molecule has 0 bridgehead atoms. The molecule has 0 aliphatic heterocycles. The summed E-state index contributed by atoms with van der Waals surface area (Å²) in [5.74, 6) is 0.681. The molecule has 4 nitrogen and oxygen atoms in total. The average Bonchev–Trinajstić information content (AvgIpc) is 2.50. The summed E-state index contributed by atoms with van der Waals surface area (Å²) in [5, 5.41) is 10.7. The number of rotatable bonds is 9. The largest absolute Gasteiger partial charge is 0.491 e. The Morgan fingerprint density at radius 3 is 2.30 bits per heavy atom. The molecule has 114 valence electrons. The maximum atomic E-state index is 10.7. The van der Waals surface area contributed by atoms with Gasteiger partial charge in [0.05, 0.1) is 12.2 Å². The summed E-state index contributed by atoms with van der Waals surface area (Å²) in [5.41, 5.74) is 0.176. The van der Waals surface area contributed by atoms with Crippen LogP contribution >= 0.6 is 0 Å². The molecule has 0 spiro atoms. The summed E-state index contributed by atoms with van der Waals surface area (Å²) < 4.78 is 16.3. The van der Waals surface area contributed by atoms with Crippen molar-refractivity contribution in [1.29, 1.82) is 0 Å². The van der Waals surface area contributed by atoms with Crippen molar-refractivity contribution in [3.8, 4) is 5.75 Å². The Bertz CT molecular complexity index is 380. The first-order valence-corrected chi connectivity index (χ1v) is 7.09. The number of methoxy groups -OCH3 is 2. The number of ether oxygens (including phenoxy) is 3. The highest BCUT2D eigenvalue weighted by Gasteiger charge is 2.37. The smallest absolute Gasteiger partial charge is 0.125 e. The van der Waals surface area contributed by atoms with Gasteiger partial charge in [-0.3, -0.25) is 0 Å². The fourth-order valence-electron chi connectivity index (χ4n) is 2.39. The quantitative estimate of drug-likeness (QED) is 0.707. The van der Waals surface area contributed by atoms with Crippen molar-refractivity contribution in [1.82, 2.24) is 0 Å². The third kappa shape index (κ3) is 3.72. The maximum Gasteiger partial charge on any atom is 0.125 e. The Balaban J connectivity index is 2.99. The normalized spacial score (nSPS) is 13.2. The standard InChI is InChI=1S/C16H26O4/c1-5-16(6-2,19-4)15(17)13-9-7-8-10-14(13)20-12-11-18-3/h7-10,15,17H,5-6,11-12H2,1-4H3. The van der Waals surface area contributed by atoms with Crippen molar-refractivity contribution in [2.45, 2.75) is 38.4 Å². The second-order valence-corrected chi connectivity index (χ2v) is 4.76. The lowest BCUT2D eigenvalue weighted by atomic mass is 9.85. The molecule has 1 N–H and O–H groups in total. The molecule has 1 atom stereocenters. The molecule has 0 amide bonds. The predicted octanol–water partition coefficient (Wildman–Crippen LogP) is 2.95. The van der Waals surface area contributed by atoms with Gasteiger partial charge in [-0.05, 0) is 18.9 Å². The van der Waals surface area contributed by atoms with Crippen LogP contribution in [0, 0.1) is 0 Å². The molecule has 20 heavy (non-hydrogen) atoms. The number of para-hydroxylation sites is 1. The minimum atomic E-state index is -0.721. The Kier molecular flexibility index (Phi) is 6.99. The molecule has 1 rings (SSSR count). The van der Waals surface area contributed by atoms with Gasteiger partial charge < -0.3 is 19.3 Å². The fraction of sp³-hybridized carbons (Fsp3) is 0.625. The van der Waals surface area contributed by atoms with Crippen LogP contribution in [0.2, 0.25) is 0 Å². The minimum Gasteiger partial charge on any atom is -0.491 e. The maximum absolute atomic E-state index is 10.7. The van der Waals surface area contributed by atoms with Crippen LogP contribution in [0.15, 0.2) is 24.3 Å². The third-order valence-corrected chi connectivity index (χ3v) is 3.86. The minimum absolute atomic E-state index is 0.457. The molecule has 4 heteroatoms. The number of aliphatic hydroxyl groups excluding tert-OH is 1. The van der Waals surface area contributed by atoms with E-state index in [0.29, 0.717) is 19.0 Å². The molecule has 0 heterocycles. The van der Waals surface area contributed by atoms with E-state index in [0.717, 1.165) is 18.4 Å². The van der Waals surface area contributed by atoms with E-state index in [-0.39, 0.29) is 0 Å². The lowest BCUT2D eigenvalue weighted by Gasteiger charge is -2.36. The van der Waals surface area contributed by atoms with Gasteiger partial charge in [0.15, 0.2) is 0 Å². The molecule has 0 aliphatic carbocycles. The van der Waals surface area contributed by atoms with Gasteiger partial charge >= 0.3 is 0 Å². The Morgan fingerprint density at radius 1 is 1.10 bits per heavy atom. The number of hydrogen-bond acceptors (Lipinski definition) is 4. The Labute approximate surface area is 121 Å². The Morgan fingerprint density at radius 2 is 1.75 bits per heavy atom. The monoisotopic (exact) mass is 282 g/mol. The van der Waals surface area contributed by atoms with Crippen molar-refractivity contribution in [3.05, 3.63) is 29.8 Å². The van der Waals surface area contributed by atoms with E-state index in [4.69, 9.17) is 14.2 Å². The van der Waals surface area contributed by atoms with E-state index >= 15 is 0 Å². The molecule has 0 aliphatic rings. The second kappa shape index (κ2) is 8.25. The SMILES string of the molecule is CCC(CC)(OC)C(O)c1ccccc1OCCOC. The number of aliphatic hydroxyl groups is 1. The van der Waals surface area contributed by atoms with Crippen molar-refractivity contribution in [2.24, 2.45) is 0 Å². The first-order valence-electron chi connectivity index (χ1n) is 7.09.